The van der Waals surface area contributed by atoms with E-state index in [1.165, 1.54) is 51.2 Å². The number of anilines is 1. The Morgan fingerprint density at radius 2 is 1.56 bits per heavy atom. The number of carbonyl (C=O) groups excluding carboxylic acids is 1. The van der Waals surface area contributed by atoms with Gasteiger partial charge in [0.25, 0.3) is 10.0 Å². The maximum atomic E-state index is 13.8. The Bertz CT molecular complexity index is 1370. The van der Waals surface area contributed by atoms with Gasteiger partial charge in [0.05, 0.1) is 24.8 Å². The first kappa shape index (κ1) is 28.4. The molecule has 0 bridgehead atoms. The van der Waals surface area contributed by atoms with Gasteiger partial charge in [-0.15, -0.1) is 0 Å². The van der Waals surface area contributed by atoms with Crippen molar-refractivity contribution in [3.63, 3.8) is 0 Å². The van der Waals surface area contributed by atoms with Crippen LogP contribution in [0.15, 0.2) is 71.6 Å². The van der Waals surface area contributed by atoms with Crippen LogP contribution >= 0.6 is 0 Å². The lowest BCUT2D eigenvalue weighted by Gasteiger charge is -2.27. The number of carbonyl (C=O) groups is 1. The first-order valence-electron chi connectivity index (χ1n) is 13.2. The summed E-state index contributed by atoms with van der Waals surface area (Å²) in [6, 6.07) is 19.5. The highest BCUT2D eigenvalue weighted by atomic mass is 32.2. The number of sulfonamides is 1. The van der Waals surface area contributed by atoms with Crippen LogP contribution in [0.1, 0.15) is 36.0 Å². The fourth-order valence-electron chi connectivity index (χ4n) is 4.75. The lowest BCUT2D eigenvalue weighted by molar-refractivity contribution is -0.119. The summed E-state index contributed by atoms with van der Waals surface area (Å²) < 4.78 is 39.3. The van der Waals surface area contributed by atoms with Crippen LogP contribution in [0, 0.1) is 6.92 Å². The molecular weight excluding hydrogens is 514 g/mol. The summed E-state index contributed by atoms with van der Waals surface area (Å²) in [5.41, 5.74) is 3.59. The molecule has 3 aromatic rings. The maximum Gasteiger partial charge on any atom is 0.264 e. The number of ether oxygens (including phenoxy) is 2. The molecule has 1 aliphatic rings. The summed E-state index contributed by atoms with van der Waals surface area (Å²) in [7, 11) is -1.17. The predicted octanol–water partition coefficient (Wildman–Crippen LogP) is 4.51. The molecule has 0 radical (unpaired) electrons. The molecule has 0 unspecified atom stereocenters. The molecule has 8 nitrogen and oxygen atoms in total. The molecule has 1 amide bonds. The topological polar surface area (TPSA) is 88.2 Å². The normalized spacial score (nSPS) is 14.0. The van der Waals surface area contributed by atoms with Crippen LogP contribution in [0.3, 0.4) is 0 Å². The quantitative estimate of drug-likeness (QED) is 0.377. The lowest BCUT2D eigenvalue weighted by atomic mass is 10.0. The number of benzene rings is 3. The standard InChI is InChI=1S/C30H37N3O5S/c1-23-11-13-26(14-12-23)33(39(35,36)27-15-16-28(37-2)29(19-27)38-3)22-30(34)31-20-24-9-5-6-10-25(24)21-32-17-7-4-8-18-32/h5-6,9-16,19H,4,7-8,17-18,20-22H2,1-3H3,(H,31,34). The van der Waals surface area contributed by atoms with Crippen LogP contribution in [-0.4, -0.2) is 53.1 Å². The number of nitrogens with one attached hydrogen (secondary N) is 1. The first-order valence-corrected chi connectivity index (χ1v) is 14.6. The maximum absolute atomic E-state index is 13.8. The minimum atomic E-state index is -4.10. The van der Waals surface area contributed by atoms with Gasteiger partial charge in [0, 0.05) is 19.2 Å². The van der Waals surface area contributed by atoms with Crippen LogP contribution < -0.4 is 19.1 Å². The second kappa shape index (κ2) is 13.0. The van der Waals surface area contributed by atoms with Gasteiger partial charge < -0.3 is 14.8 Å². The third-order valence-corrected chi connectivity index (χ3v) is 8.76. The Kier molecular flexibility index (Phi) is 9.48. The highest BCUT2D eigenvalue weighted by molar-refractivity contribution is 7.92. The first-order chi connectivity index (χ1) is 18.8. The van der Waals surface area contributed by atoms with Crippen molar-refractivity contribution in [3.8, 4) is 11.5 Å². The number of likely N-dealkylation sites (tertiary alicyclic amines) is 1. The summed E-state index contributed by atoms with van der Waals surface area (Å²) in [4.78, 5) is 15.6. The third-order valence-electron chi connectivity index (χ3n) is 6.99. The molecule has 1 saturated heterocycles. The summed E-state index contributed by atoms with van der Waals surface area (Å²) in [5.74, 6) is 0.309. The smallest absolute Gasteiger partial charge is 0.264 e. The van der Waals surface area contributed by atoms with Gasteiger partial charge in [0.15, 0.2) is 11.5 Å². The second-order valence-electron chi connectivity index (χ2n) is 9.75. The molecular formula is C30H37N3O5S. The summed E-state index contributed by atoms with van der Waals surface area (Å²) in [6.07, 6.45) is 3.70. The van der Waals surface area contributed by atoms with Gasteiger partial charge >= 0.3 is 0 Å². The zero-order chi connectivity index (χ0) is 27.8. The monoisotopic (exact) mass is 551 g/mol. The SMILES string of the molecule is COc1ccc(S(=O)(=O)N(CC(=O)NCc2ccccc2CN2CCCCC2)c2ccc(C)cc2)cc1OC. The largest absolute Gasteiger partial charge is 0.493 e. The summed E-state index contributed by atoms with van der Waals surface area (Å²) in [5, 5.41) is 2.94. The van der Waals surface area contributed by atoms with E-state index in [4.69, 9.17) is 9.47 Å². The Morgan fingerprint density at radius 3 is 2.23 bits per heavy atom. The molecule has 1 fully saturated rings. The number of amides is 1. The van der Waals surface area contributed by atoms with Crippen molar-refractivity contribution in [2.45, 2.75) is 44.2 Å². The van der Waals surface area contributed by atoms with Gasteiger partial charge in [-0.2, -0.15) is 0 Å². The molecule has 208 valence electrons. The Balaban J connectivity index is 1.54. The zero-order valence-electron chi connectivity index (χ0n) is 22.9. The fraction of sp³-hybridized carbons (Fsp3) is 0.367. The summed E-state index contributed by atoms with van der Waals surface area (Å²) >= 11 is 0. The average Bonchev–Trinajstić information content (AvgIpc) is 2.96. The molecule has 1 aliphatic heterocycles. The van der Waals surface area contributed by atoms with Crippen molar-refractivity contribution in [2.75, 3.05) is 38.2 Å². The van der Waals surface area contributed by atoms with E-state index in [1.807, 2.05) is 37.3 Å². The van der Waals surface area contributed by atoms with Crippen molar-refractivity contribution in [2.24, 2.45) is 0 Å². The average molecular weight is 552 g/mol. The highest BCUT2D eigenvalue weighted by Crippen LogP contribution is 2.32. The van der Waals surface area contributed by atoms with E-state index in [9.17, 15) is 13.2 Å². The van der Waals surface area contributed by atoms with E-state index in [2.05, 4.69) is 16.3 Å². The van der Waals surface area contributed by atoms with Gasteiger partial charge in [-0.05, 0) is 68.2 Å². The van der Waals surface area contributed by atoms with Crippen LogP contribution in [0.25, 0.3) is 0 Å². The fourth-order valence-corrected chi connectivity index (χ4v) is 6.19. The minimum absolute atomic E-state index is 0.000372. The van der Waals surface area contributed by atoms with Crippen molar-refractivity contribution in [1.29, 1.82) is 0 Å². The Morgan fingerprint density at radius 1 is 0.897 bits per heavy atom. The van der Waals surface area contributed by atoms with Gasteiger partial charge in [0.2, 0.25) is 5.91 Å². The van der Waals surface area contributed by atoms with Crippen LogP contribution in [-0.2, 0) is 27.9 Å². The van der Waals surface area contributed by atoms with Gasteiger partial charge in [0.1, 0.15) is 6.54 Å². The number of hydrogen-bond acceptors (Lipinski definition) is 6. The third kappa shape index (κ3) is 7.10. The second-order valence-corrected chi connectivity index (χ2v) is 11.6. The molecule has 1 heterocycles. The molecule has 0 aliphatic carbocycles. The van der Waals surface area contributed by atoms with E-state index in [1.54, 1.807) is 18.2 Å². The highest BCUT2D eigenvalue weighted by Gasteiger charge is 2.28. The molecule has 4 rings (SSSR count). The molecule has 0 saturated carbocycles. The Labute approximate surface area is 231 Å². The van der Waals surface area contributed by atoms with E-state index >= 15 is 0 Å². The van der Waals surface area contributed by atoms with Crippen molar-refractivity contribution in [3.05, 3.63) is 83.4 Å². The summed E-state index contributed by atoms with van der Waals surface area (Å²) in [6.45, 7) is 4.88. The van der Waals surface area contributed by atoms with Crippen LogP contribution in [0.2, 0.25) is 0 Å². The number of rotatable bonds is 11. The van der Waals surface area contributed by atoms with Gasteiger partial charge in [-0.25, -0.2) is 8.42 Å². The number of piperidine rings is 1. The number of aryl methyl sites for hydroxylation is 1. The van der Waals surface area contributed by atoms with Crippen LogP contribution in [0.4, 0.5) is 5.69 Å². The van der Waals surface area contributed by atoms with Crippen molar-refractivity contribution < 1.29 is 22.7 Å². The molecule has 1 N–H and O–H groups in total. The number of methoxy groups -OCH3 is 2. The molecule has 39 heavy (non-hydrogen) atoms. The predicted molar refractivity (Wildman–Crippen MR) is 153 cm³/mol. The molecule has 0 aromatic heterocycles. The van der Waals surface area contributed by atoms with E-state index in [-0.39, 0.29) is 17.2 Å². The van der Waals surface area contributed by atoms with Gasteiger partial charge in [-0.1, -0.05) is 48.4 Å². The lowest BCUT2D eigenvalue weighted by Crippen LogP contribution is -2.40. The van der Waals surface area contributed by atoms with E-state index in [0.29, 0.717) is 18.0 Å². The van der Waals surface area contributed by atoms with Crippen molar-refractivity contribution in [1.82, 2.24) is 10.2 Å². The van der Waals surface area contributed by atoms with Crippen LogP contribution in [0.5, 0.6) is 11.5 Å². The van der Waals surface area contributed by atoms with Crippen molar-refractivity contribution >= 4 is 21.6 Å². The zero-order valence-corrected chi connectivity index (χ0v) is 23.7. The Hall–Kier alpha value is -3.56. The van der Waals surface area contributed by atoms with E-state index in [0.717, 1.165) is 35.1 Å². The molecule has 0 atom stereocenters. The molecule has 9 heteroatoms. The van der Waals surface area contributed by atoms with E-state index < -0.39 is 15.9 Å². The van der Waals surface area contributed by atoms with Gasteiger partial charge in [-0.3, -0.25) is 14.0 Å². The number of hydrogen-bond donors (Lipinski definition) is 1. The number of nitrogens with zero attached hydrogens (tertiary/aromatic N) is 2. The molecule has 3 aromatic carbocycles. The molecule has 0 spiro atoms. The minimum Gasteiger partial charge on any atom is -0.493 e.